The van der Waals surface area contributed by atoms with Gasteiger partial charge in [0.05, 0.1) is 13.2 Å². The van der Waals surface area contributed by atoms with Crippen LogP contribution in [0.25, 0.3) is 0 Å². The van der Waals surface area contributed by atoms with E-state index in [9.17, 15) is 4.79 Å². The van der Waals surface area contributed by atoms with Crippen molar-refractivity contribution in [2.24, 2.45) is 0 Å². The molecule has 0 aliphatic heterocycles. The van der Waals surface area contributed by atoms with Crippen molar-refractivity contribution in [2.75, 3.05) is 13.7 Å². The highest BCUT2D eigenvalue weighted by Crippen LogP contribution is 2.28. The van der Waals surface area contributed by atoms with E-state index in [0.717, 1.165) is 11.8 Å². The molecule has 0 bridgehead atoms. The number of ether oxygens (including phenoxy) is 3. The molecule has 1 atom stereocenters. The summed E-state index contributed by atoms with van der Waals surface area (Å²) >= 11 is 0. The van der Waals surface area contributed by atoms with Crippen molar-refractivity contribution in [2.45, 2.75) is 32.5 Å². The molecule has 0 heterocycles. The molecule has 0 amide bonds. The van der Waals surface area contributed by atoms with Crippen molar-refractivity contribution in [1.29, 1.82) is 0 Å². The van der Waals surface area contributed by atoms with Crippen molar-refractivity contribution in [1.82, 2.24) is 0 Å². The molecule has 4 nitrogen and oxygen atoms in total. The molecule has 108 valence electrons. The molecule has 1 unspecified atom stereocenters. The summed E-state index contributed by atoms with van der Waals surface area (Å²) < 4.78 is 16.1. The predicted octanol–water partition coefficient (Wildman–Crippen LogP) is 2.24. The summed E-state index contributed by atoms with van der Waals surface area (Å²) in [5, 5.41) is 0. The molecule has 1 aromatic rings. The van der Waals surface area contributed by atoms with Crippen LogP contribution in [-0.2, 0) is 16.0 Å². The summed E-state index contributed by atoms with van der Waals surface area (Å²) in [7, 11) is 1.56. The zero-order valence-corrected chi connectivity index (χ0v) is 12.1. The molecular weight excluding hydrogens is 256 g/mol. The van der Waals surface area contributed by atoms with Gasteiger partial charge in [-0.05, 0) is 31.5 Å². The lowest BCUT2D eigenvalue weighted by molar-refractivity contribution is -0.120. The molecule has 0 aliphatic carbocycles. The minimum absolute atomic E-state index is 0.000564. The zero-order valence-electron chi connectivity index (χ0n) is 12.1. The Morgan fingerprint density at radius 2 is 2.10 bits per heavy atom. The SMILES string of the molecule is C#CCOc1cc(CC(C=O)OC(C)C)ccc1OC. The fraction of sp³-hybridized carbons (Fsp3) is 0.438. The van der Waals surface area contributed by atoms with Gasteiger partial charge in [-0.1, -0.05) is 12.0 Å². The molecule has 0 spiro atoms. The van der Waals surface area contributed by atoms with Crippen molar-refractivity contribution in [3.05, 3.63) is 23.8 Å². The number of carbonyl (C=O) groups is 1. The van der Waals surface area contributed by atoms with Crippen LogP contribution in [0, 0.1) is 12.3 Å². The van der Waals surface area contributed by atoms with Crippen LogP contribution in [0.5, 0.6) is 11.5 Å². The van der Waals surface area contributed by atoms with E-state index in [4.69, 9.17) is 20.6 Å². The van der Waals surface area contributed by atoms with Crippen LogP contribution in [0.2, 0.25) is 0 Å². The highest BCUT2D eigenvalue weighted by molar-refractivity contribution is 5.57. The zero-order chi connectivity index (χ0) is 15.0. The monoisotopic (exact) mass is 276 g/mol. The van der Waals surface area contributed by atoms with Gasteiger partial charge < -0.3 is 19.0 Å². The maximum Gasteiger partial charge on any atom is 0.162 e. The number of rotatable bonds is 8. The van der Waals surface area contributed by atoms with E-state index in [1.165, 1.54) is 0 Å². The van der Waals surface area contributed by atoms with Gasteiger partial charge in [-0.15, -0.1) is 6.42 Å². The fourth-order valence-corrected chi connectivity index (χ4v) is 1.79. The third-order valence-electron chi connectivity index (χ3n) is 2.57. The summed E-state index contributed by atoms with van der Waals surface area (Å²) in [5.74, 6) is 3.58. The van der Waals surface area contributed by atoms with Gasteiger partial charge >= 0.3 is 0 Å². The molecule has 0 N–H and O–H groups in total. The van der Waals surface area contributed by atoms with Gasteiger partial charge in [0.25, 0.3) is 0 Å². The number of hydrogen-bond donors (Lipinski definition) is 0. The largest absolute Gasteiger partial charge is 0.493 e. The molecule has 0 saturated heterocycles. The lowest BCUT2D eigenvalue weighted by Crippen LogP contribution is -2.21. The van der Waals surface area contributed by atoms with Crippen molar-refractivity contribution >= 4 is 6.29 Å². The highest BCUT2D eigenvalue weighted by atomic mass is 16.5. The van der Waals surface area contributed by atoms with Crippen LogP contribution in [0.4, 0.5) is 0 Å². The van der Waals surface area contributed by atoms with E-state index in [-0.39, 0.29) is 12.7 Å². The van der Waals surface area contributed by atoms with Crippen LogP contribution in [0.15, 0.2) is 18.2 Å². The van der Waals surface area contributed by atoms with E-state index < -0.39 is 6.10 Å². The highest BCUT2D eigenvalue weighted by Gasteiger charge is 2.13. The van der Waals surface area contributed by atoms with Gasteiger partial charge in [0.15, 0.2) is 11.5 Å². The lowest BCUT2D eigenvalue weighted by Gasteiger charge is -2.16. The molecule has 4 heteroatoms. The fourth-order valence-electron chi connectivity index (χ4n) is 1.79. The minimum Gasteiger partial charge on any atom is -0.493 e. The summed E-state index contributed by atoms with van der Waals surface area (Å²) in [6.07, 6.45) is 6.01. The smallest absolute Gasteiger partial charge is 0.162 e. The average Bonchev–Trinajstić information content (AvgIpc) is 2.44. The van der Waals surface area contributed by atoms with Crippen molar-refractivity contribution < 1.29 is 19.0 Å². The topological polar surface area (TPSA) is 44.8 Å². The molecule has 1 rings (SSSR count). The number of methoxy groups -OCH3 is 1. The van der Waals surface area contributed by atoms with E-state index >= 15 is 0 Å². The predicted molar refractivity (Wildman–Crippen MR) is 77.1 cm³/mol. The Kier molecular flexibility index (Phi) is 6.61. The van der Waals surface area contributed by atoms with E-state index in [0.29, 0.717) is 17.9 Å². The van der Waals surface area contributed by atoms with Gasteiger partial charge in [-0.3, -0.25) is 0 Å². The third kappa shape index (κ3) is 4.94. The Balaban J connectivity index is 2.84. The third-order valence-corrected chi connectivity index (χ3v) is 2.57. The Labute approximate surface area is 120 Å². The normalized spacial score (nSPS) is 11.8. The number of aldehydes is 1. The maximum absolute atomic E-state index is 11.0. The molecule has 0 saturated carbocycles. The van der Waals surface area contributed by atoms with Crippen LogP contribution < -0.4 is 9.47 Å². The average molecular weight is 276 g/mol. The minimum atomic E-state index is -0.469. The summed E-state index contributed by atoms with van der Waals surface area (Å²) in [4.78, 5) is 11.0. The first-order valence-corrected chi connectivity index (χ1v) is 6.44. The summed E-state index contributed by atoms with van der Waals surface area (Å²) in [6.45, 7) is 3.96. The number of benzene rings is 1. The van der Waals surface area contributed by atoms with E-state index in [1.807, 2.05) is 26.0 Å². The Morgan fingerprint density at radius 1 is 1.35 bits per heavy atom. The second kappa shape index (κ2) is 8.23. The van der Waals surface area contributed by atoms with Crippen LogP contribution in [-0.4, -0.2) is 32.2 Å². The molecule has 1 aromatic carbocycles. The van der Waals surface area contributed by atoms with Gasteiger partial charge in [-0.25, -0.2) is 0 Å². The summed E-state index contributed by atoms with van der Waals surface area (Å²) in [5.41, 5.74) is 0.926. The molecule has 20 heavy (non-hydrogen) atoms. The molecular formula is C16H20O4. The molecule has 0 fully saturated rings. The number of carbonyl (C=O) groups excluding carboxylic acids is 1. The lowest BCUT2D eigenvalue weighted by atomic mass is 10.1. The van der Waals surface area contributed by atoms with Crippen LogP contribution in [0.3, 0.4) is 0 Å². The number of terminal acetylenes is 1. The second-order valence-corrected chi connectivity index (χ2v) is 4.54. The van der Waals surface area contributed by atoms with E-state index in [2.05, 4.69) is 5.92 Å². The quantitative estimate of drug-likeness (QED) is 0.539. The Bertz CT molecular complexity index is 474. The standard InChI is InChI=1S/C16H20O4/c1-5-8-19-16-10-13(6-7-15(16)18-4)9-14(11-17)20-12(2)3/h1,6-7,10-12,14H,8-9H2,2-4H3. The summed E-state index contributed by atoms with van der Waals surface area (Å²) in [6, 6.07) is 5.48. The first kappa shape index (κ1) is 16.1. The molecule has 0 aliphatic rings. The van der Waals surface area contributed by atoms with Crippen molar-refractivity contribution in [3.8, 4) is 23.8 Å². The second-order valence-electron chi connectivity index (χ2n) is 4.54. The Hall–Kier alpha value is -1.99. The van der Waals surface area contributed by atoms with Crippen LogP contribution in [0.1, 0.15) is 19.4 Å². The molecule has 0 radical (unpaired) electrons. The van der Waals surface area contributed by atoms with Crippen LogP contribution >= 0.6 is 0 Å². The first-order valence-electron chi connectivity index (χ1n) is 6.44. The first-order chi connectivity index (χ1) is 9.60. The maximum atomic E-state index is 11.0. The van der Waals surface area contributed by atoms with Gasteiger partial charge in [0.2, 0.25) is 0 Å². The van der Waals surface area contributed by atoms with E-state index in [1.54, 1.807) is 13.2 Å². The van der Waals surface area contributed by atoms with Crippen molar-refractivity contribution in [3.63, 3.8) is 0 Å². The molecule has 0 aromatic heterocycles. The Morgan fingerprint density at radius 3 is 2.65 bits per heavy atom. The van der Waals surface area contributed by atoms with Gasteiger partial charge in [0.1, 0.15) is 19.0 Å². The van der Waals surface area contributed by atoms with Gasteiger partial charge in [-0.2, -0.15) is 0 Å². The number of hydrogen-bond acceptors (Lipinski definition) is 4. The van der Waals surface area contributed by atoms with Gasteiger partial charge in [0, 0.05) is 6.42 Å².